The van der Waals surface area contributed by atoms with Gasteiger partial charge in [0.2, 0.25) is 0 Å². The number of rotatable bonds is 3. The van der Waals surface area contributed by atoms with Gasteiger partial charge in [-0.3, -0.25) is 9.88 Å². The molecule has 17 heavy (non-hydrogen) atoms. The molecular formula is C15H24N2. The van der Waals surface area contributed by atoms with E-state index >= 15 is 0 Å². The number of aryl methyl sites for hydroxylation is 1. The first kappa shape index (κ1) is 12.6. The first-order chi connectivity index (χ1) is 8.18. The number of piperidine rings is 1. The van der Waals surface area contributed by atoms with Crippen LogP contribution >= 0.6 is 0 Å². The topological polar surface area (TPSA) is 16.1 Å². The Hall–Kier alpha value is -0.890. The summed E-state index contributed by atoms with van der Waals surface area (Å²) in [5, 5.41) is 0. The van der Waals surface area contributed by atoms with Crippen LogP contribution in [0.5, 0.6) is 0 Å². The second kappa shape index (κ2) is 5.63. The van der Waals surface area contributed by atoms with Gasteiger partial charge in [-0.1, -0.05) is 20.3 Å². The molecule has 1 aliphatic heterocycles. The van der Waals surface area contributed by atoms with Crippen molar-refractivity contribution in [2.45, 2.75) is 46.1 Å². The molecule has 2 nitrogen and oxygen atoms in total. The fourth-order valence-corrected chi connectivity index (χ4v) is 2.89. The minimum Gasteiger partial charge on any atom is -0.296 e. The number of hydrogen-bond donors (Lipinski definition) is 0. The van der Waals surface area contributed by atoms with E-state index in [1.165, 1.54) is 43.5 Å². The molecule has 0 aliphatic carbocycles. The minimum atomic E-state index is 0.620. The first-order valence-corrected chi connectivity index (χ1v) is 6.83. The number of aromatic nitrogens is 1. The Labute approximate surface area is 105 Å². The summed E-state index contributed by atoms with van der Waals surface area (Å²) in [6.45, 7) is 9.28. The quantitative estimate of drug-likeness (QED) is 0.792. The lowest BCUT2D eigenvalue weighted by atomic mass is 9.92. The molecule has 2 heteroatoms. The molecule has 0 unspecified atom stereocenters. The molecular weight excluding hydrogens is 208 g/mol. The van der Waals surface area contributed by atoms with E-state index in [9.17, 15) is 0 Å². The maximum Gasteiger partial charge on any atom is 0.0351 e. The van der Waals surface area contributed by atoms with Gasteiger partial charge in [-0.05, 0) is 49.4 Å². The third-order valence-electron chi connectivity index (χ3n) is 3.64. The summed E-state index contributed by atoms with van der Waals surface area (Å²) in [5.74, 6) is 0.748. The van der Waals surface area contributed by atoms with Gasteiger partial charge in [0.05, 0.1) is 0 Å². The molecule has 0 radical (unpaired) electrons. The zero-order valence-corrected chi connectivity index (χ0v) is 11.3. The zero-order valence-electron chi connectivity index (χ0n) is 11.3. The second-order valence-electron chi connectivity index (χ2n) is 5.63. The van der Waals surface area contributed by atoms with E-state index in [0.29, 0.717) is 6.04 Å². The summed E-state index contributed by atoms with van der Waals surface area (Å²) in [5.41, 5.74) is 2.83. The van der Waals surface area contributed by atoms with Crippen LogP contribution in [0.3, 0.4) is 0 Å². The van der Waals surface area contributed by atoms with Gasteiger partial charge in [0.25, 0.3) is 0 Å². The number of nitrogens with zero attached hydrogens (tertiary/aromatic N) is 2. The molecule has 0 spiro atoms. The molecule has 94 valence electrons. The molecule has 0 N–H and O–H groups in total. The molecule has 1 aromatic heterocycles. The van der Waals surface area contributed by atoms with E-state index in [1.807, 2.05) is 12.4 Å². The molecule has 1 aromatic rings. The van der Waals surface area contributed by atoms with E-state index in [4.69, 9.17) is 0 Å². The van der Waals surface area contributed by atoms with Crippen LogP contribution in [-0.2, 0) is 0 Å². The van der Waals surface area contributed by atoms with E-state index in [0.717, 1.165) is 5.92 Å². The highest BCUT2D eigenvalue weighted by Gasteiger charge is 2.25. The van der Waals surface area contributed by atoms with Crippen molar-refractivity contribution in [3.05, 3.63) is 29.6 Å². The monoisotopic (exact) mass is 232 g/mol. The van der Waals surface area contributed by atoms with E-state index in [1.54, 1.807) is 0 Å². The third-order valence-corrected chi connectivity index (χ3v) is 3.64. The maximum atomic E-state index is 4.21. The van der Waals surface area contributed by atoms with Crippen LogP contribution in [0.4, 0.5) is 0 Å². The van der Waals surface area contributed by atoms with Crippen molar-refractivity contribution < 1.29 is 0 Å². The predicted octanol–water partition coefficient (Wildman–Crippen LogP) is 3.57. The maximum absolute atomic E-state index is 4.21. The lowest BCUT2D eigenvalue weighted by molar-refractivity contribution is 0.132. The summed E-state index contributed by atoms with van der Waals surface area (Å²) >= 11 is 0. The van der Waals surface area contributed by atoms with Gasteiger partial charge in [0.1, 0.15) is 0 Å². The van der Waals surface area contributed by atoms with Crippen LogP contribution in [0.1, 0.15) is 50.3 Å². The Balaban J connectivity index is 2.19. The van der Waals surface area contributed by atoms with Crippen molar-refractivity contribution in [3.63, 3.8) is 0 Å². The second-order valence-corrected chi connectivity index (χ2v) is 5.63. The van der Waals surface area contributed by atoms with E-state index < -0.39 is 0 Å². The molecule has 1 fully saturated rings. The Morgan fingerprint density at radius 3 is 2.94 bits per heavy atom. The third kappa shape index (κ3) is 3.06. The highest BCUT2D eigenvalue weighted by Crippen LogP contribution is 2.32. The molecule has 1 atom stereocenters. The standard InChI is InChI=1S/C15H24N2/c1-12(2)11-17-9-5-4-6-15(17)14-7-8-16-10-13(14)3/h7-8,10,12,15H,4-6,9,11H2,1-3H3/t15-/m1/s1. The van der Waals surface area contributed by atoms with Crippen molar-refractivity contribution in [1.29, 1.82) is 0 Å². The molecule has 2 rings (SSSR count). The largest absolute Gasteiger partial charge is 0.296 e. The van der Waals surface area contributed by atoms with Gasteiger partial charge < -0.3 is 0 Å². The minimum absolute atomic E-state index is 0.620. The van der Waals surface area contributed by atoms with Gasteiger partial charge in [-0.25, -0.2) is 0 Å². The Morgan fingerprint density at radius 2 is 2.24 bits per heavy atom. The summed E-state index contributed by atoms with van der Waals surface area (Å²) in [6.07, 6.45) is 7.95. The lowest BCUT2D eigenvalue weighted by Gasteiger charge is -2.37. The molecule has 1 saturated heterocycles. The summed E-state index contributed by atoms with van der Waals surface area (Å²) < 4.78 is 0. The van der Waals surface area contributed by atoms with Crippen molar-refractivity contribution in [2.75, 3.05) is 13.1 Å². The van der Waals surface area contributed by atoms with Crippen LogP contribution in [0, 0.1) is 12.8 Å². The van der Waals surface area contributed by atoms with Crippen molar-refractivity contribution in [2.24, 2.45) is 5.92 Å². The molecule has 2 heterocycles. The first-order valence-electron chi connectivity index (χ1n) is 6.83. The summed E-state index contributed by atoms with van der Waals surface area (Å²) in [7, 11) is 0. The molecule has 0 amide bonds. The average Bonchev–Trinajstić information content (AvgIpc) is 2.30. The fraction of sp³-hybridized carbons (Fsp3) is 0.667. The average molecular weight is 232 g/mol. The predicted molar refractivity (Wildman–Crippen MR) is 72.0 cm³/mol. The van der Waals surface area contributed by atoms with Gasteiger partial charge in [-0.2, -0.15) is 0 Å². The van der Waals surface area contributed by atoms with Gasteiger partial charge in [-0.15, -0.1) is 0 Å². The van der Waals surface area contributed by atoms with Crippen molar-refractivity contribution >= 4 is 0 Å². The molecule has 0 bridgehead atoms. The van der Waals surface area contributed by atoms with Gasteiger partial charge in [0.15, 0.2) is 0 Å². The van der Waals surface area contributed by atoms with Gasteiger partial charge >= 0.3 is 0 Å². The van der Waals surface area contributed by atoms with Crippen LogP contribution in [0.2, 0.25) is 0 Å². The Kier molecular flexibility index (Phi) is 4.16. The highest BCUT2D eigenvalue weighted by molar-refractivity contribution is 5.25. The summed E-state index contributed by atoms with van der Waals surface area (Å²) in [6, 6.07) is 2.83. The SMILES string of the molecule is Cc1cnccc1[C@H]1CCCCN1CC(C)C. The zero-order chi connectivity index (χ0) is 12.3. The number of likely N-dealkylation sites (tertiary alicyclic amines) is 1. The fourth-order valence-electron chi connectivity index (χ4n) is 2.89. The summed E-state index contributed by atoms with van der Waals surface area (Å²) in [4.78, 5) is 6.87. The highest BCUT2D eigenvalue weighted by atomic mass is 15.2. The van der Waals surface area contributed by atoms with Crippen LogP contribution in [-0.4, -0.2) is 23.0 Å². The van der Waals surface area contributed by atoms with E-state index in [2.05, 4.69) is 36.7 Å². The molecule has 0 aromatic carbocycles. The Bertz CT molecular complexity index is 360. The van der Waals surface area contributed by atoms with Crippen LogP contribution in [0.15, 0.2) is 18.5 Å². The smallest absolute Gasteiger partial charge is 0.0351 e. The normalized spacial score (nSPS) is 22.0. The van der Waals surface area contributed by atoms with Gasteiger partial charge in [0, 0.05) is 25.0 Å². The van der Waals surface area contributed by atoms with E-state index in [-0.39, 0.29) is 0 Å². The lowest BCUT2D eigenvalue weighted by Crippen LogP contribution is -2.36. The van der Waals surface area contributed by atoms with Crippen molar-refractivity contribution in [1.82, 2.24) is 9.88 Å². The Morgan fingerprint density at radius 1 is 1.41 bits per heavy atom. The number of pyridine rings is 1. The van der Waals surface area contributed by atoms with Crippen LogP contribution in [0.25, 0.3) is 0 Å². The van der Waals surface area contributed by atoms with Crippen LogP contribution < -0.4 is 0 Å². The number of hydrogen-bond acceptors (Lipinski definition) is 2. The molecule has 1 aliphatic rings. The van der Waals surface area contributed by atoms with Crippen molar-refractivity contribution in [3.8, 4) is 0 Å². The molecule has 0 saturated carbocycles.